The van der Waals surface area contributed by atoms with E-state index < -0.39 is 12.1 Å². The molecule has 0 N–H and O–H groups in total. The molecule has 2 aliphatic rings. The van der Waals surface area contributed by atoms with Crippen LogP contribution in [0.1, 0.15) is 58.3 Å². The lowest BCUT2D eigenvalue weighted by molar-refractivity contribution is -0.187. The van der Waals surface area contributed by atoms with Crippen LogP contribution in [-0.2, 0) is 4.74 Å². The first-order chi connectivity index (χ1) is 9.00. The molecule has 112 valence electrons. The van der Waals surface area contributed by atoms with Crippen LogP contribution in [0.25, 0.3) is 0 Å². The average molecular weight is 278 g/mol. The minimum atomic E-state index is -4.00. The Kier molecular flexibility index (Phi) is 5.15. The molecule has 0 aromatic rings. The van der Waals surface area contributed by atoms with E-state index in [-0.39, 0.29) is 6.10 Å². The second-order valence-electron chi connectivity index (χ2n) is 6.26. The van der Waals surface area contributed by atoms with Gasteiger partial charge in [-0.2, -0.15) is 13.2 Å². The van der Waals surface area contributed by atoms with Gasteiger partial charge in [-0.3, -0.25) is 0 Å². The number of alkyl halides is 3. The molecule has 0 amide bonds. The van der Waals surface area contributed by atoms with E-state index in [0.29, 0.717) is 37.5 Å². The van der Waals surface area contributed by atoms with E-state index in [0.717, 1.165) is 13.0 Å². The molecule has 2 rings (SSSR count). The standard InChI is InChI=1S/C15H25F3O/c1-2-3-11-4-9-14(19-10-11)12-5-7-13(8-6-12)15(16,17)18/h11-14H,2-10H2,1H3/t11-,12?,13?,14+/m0/s1. The van der Waals surface area contributed by atoms with Gasteiger partial charge >= 0.3 is 6.18 Å². The van der Waals surface area contributed by atoms with E-state index in [2.05, 4.69) is 6.92 Å². The highest BCUT2D eigenvalue weighted by Crippen LogP contribution is 2.42. The van der Waals surface area contributed by atoms with Gasteiger partial charge < -0.3 is 4.74 Å². The topological polar surface area (TPSA) is 9.23 Å². The quantitative estimate of drug-likeness (QED) is 0.709. The highest BCUT2D eigenvalue weighted by atomic mass is 19.4. The molecule has 1 heterocycles. The maximum Gasteiger partial charge on any atom is 0.391 e. The Labute approximate surface area is 113 Å². The summed E-state index contributed by atoms with van der Waals surface area (Å²) in [4.78, 5) is 0. The molecule has 4 heteroatoms. The Morgan fingerprint density at radius 3 is 2.16 bits per heavy atom. The summed E-state index contributed by atoms with van der Waals surface area (Å²) in [6.07, 6.45) is 2.85. The SMILES string of the molecule is CCC[C@H]1CC[C@H](C2CCC(C(F)(F)F)CC2)OC1. The molecule has 0 bridgehead atoms. The lowest BCUT2D eigenvalue weighted by atomic mass is 9.77. The molecule has 0 unspecified atom stereocenters. The van der Waals surface area contributed by atoms with Gasteiger partial charge in [-0.1, -0.05) is 13.3 Å². The number of hydrogen-bond acceptors (Lipinski definition) is 1. The molecule has 1 aliphatic heterocycles. The van der Waals surface area contributed by atoms with Crippen molar-refractivity contribution in [3.63, 3.8) is 0 Å². The minimum Gasteiger partial charge on any atom is -0.378 e. The largest absolute Gasteiger partial charge is 0.391 e. The van der Waals surface area contributed by atoms with Crippen molar-refractivity contribution in [2.75, 3.05) is 6.61 Å². The first-order valence-corrected chi connectivity index (χ1v) is 7.69. The molecule has 2 atom stereocenters. The van der Waals surface area contributed by atoms with Crippen molar-refractivity contribution in [2.24, 2.45) is 17.8 Å². The molecule has 0 aromatic heterocycles. The van der Waals surface area contributed by atoms with Gasteiger partial charge in [-0.25, -0.2) is 0 Å². The number of halogens is 3. The van der Waals surface area contributed by atoms with Gasteiger partial charge in [-0.05, 0) is 56.8 Å². The minimum absolute atomic E-state index is 0.224. The third-order valence-electron chi connectivity index (χ3n) is 4.86. The Morgan fingerprint density at radius 2 is 1.68 bits per heavy atom. The molecule has 1 saturated carbocycles. The fourth-order valence-corrected chi connectivity index (χ4v) is 3.65. The van der Waals surface area contributed by atoms with Crippen molar-refractivity contribution in [2.45, 2.75) is 70.6 Å². The van der Waals surface area contributed by atoms with Crippen molar-refractivity contribution < 1.29 is 17.9 Å². The lowest BCUT2D eigenvalue weighted by Crippen LogP contribution is -2.36. The van der Waals surface area contributed by atoms with Crippen LogP contribution in [0, 0.1) is 17.8 Å². The highest BCUT2D eigenvalue weighted by Gasteiger charge is 2.43. The predicted octanol–water partition coefficient (Wildman–Crippen LogP) is 4.95. The molecule has 1 saturated heterocycles. The summed E-state index contributed by atoms with van der Waals surface area (Å²) >= 11 is 0. The zero-order chi connectivity index (χ0) is 13.9. The molecule has 0 aromatic carbocycles. The second-order valence-corrected chi connectivity index (χ2v) is 6.26. The summed E-state index contributed by atoms with van der Waals surface area (Å²) in [5.41, 5.74) is 0. The van der Waals surface area contributed by atoms with Crippen LogP contribution < -0.4 is 0 Å². The van der Waals surface area contributed by atoms with Gasteiger partial charge in [0.15, 0.2) is 0 Å². The molecular weight excluding hydrogens is 253 g/mol. The maximum absolute atomic E-state index is 12.6. The zero-order valence-electron chi connectivity index (χ0n) is 11.7. The molecular formula is C15H25F3O. The van der Waals surface area contributed by atoms with Gasteiger partial charge in [0.05, 0.1) is 12.0 Å². The van der Waals surface area contributed by atoms with Crippen molar-refractivity contribution in [1.29, 1.82) is 0 Å². The first kappa shape index (κ1) is 15.1. The van der Waals surface area contributed by atoms with Crippen LogP contribution in [0.4, 0.5) is 13.2 Å². The fraction of sp³-hybridized carbons (Fsp3) is 1.00. The van der Waals surface area contributed by atoms with E-state index in [1.807, 2.05) is 0 Å². The van der Waals surface area contributed by atoms with Crippen LogP contribution in [0.2, 0.25) is 0 Å². The predicted molar refractivity (Wildman–Crippen MR) is 68.9 cm³/mol. The van der Waals surface area contributed by atoms with E-state index in [4.69, 9.17) is 4.74 Å². The zero-order valence-corrected chi connectivity index (χ0v) is 11.7. The molecule has 0 spiro atoms. The third kappa shape index (κ3) is 4.11. The normalized spacial score (nSPS) is 37.3. The molecule has 1 nitrogen and oxygen atoms in total. The number of ether oxygens (including phenoxy) is 1. The van der Waals surface area contributed by atoms with Crippen molar-refractivity contribution in [3.05, 3.63) is 0 Å². The summed E-state index contributed by atoms with van der Waals surface area (Å²) in [6.45, 7) is 3.00. The highest BCUT2D eigenvalue weighted by molar-refractivity contribution is 4.83. The molecule has 19 heavy (non-hydrogen) atoms. The van der Waals surface area contributed by atoms with Gasteiger partial charge in [-0.15, -0.1) is 0 Å². The maximum atomic E-state index is 12.6. The fourth-order valence-electron chi connectivity index (χ4n) is 3.65. The molecule has 2 fully saturated rings. The van der Waals surface area contributed by atoms with Crippen molar-refractivity contribution in [1.82, 2.24) is 0 Å². The Bertz CT molecular complexity index is 261. The molecule has 1 aliphatic carbocycles. The second kappa shape index (κ2) is 6.47. The Balaban J connectivity index is 1.74. The van der Waals surface area contributed by atoms with Crippen LogP contribution in [0.15, 0.2) is 0 Å². The van der Waals surface area contributed by atoms with E-state index >= 15 is 0 Å². The third-order valence-corrected chi connectivity index (χ3v) is 4.86. The van der Waals surface area contributed by atoms with E-state index in [1.165, 1.54) is 19.3 Å². The van der Waals surface area contributed by atoms with Gasteiger partial charge in [0, 0.05) is 6.61 Å². The summed E-state index contributed by atoms with van der Waals surface area (Å²) in [5.74, 6) is -0.0332. The summed E-state index contributed by atoms with van der Waals surface area (Å²) in [5, 5.41) is 0. The van der Waals surface area contributed by atoms with Crippen LogP contribution in [0.3, 0.4) is 0 Å². The van der Waals surface area contributed by atoms with E-state index in [1.54, 1.807) is 0 Å². The van der Waals surface area contributed by atoms with Gasteiger partial charge in [0.1, 0.15) is 0 Å². The van der Waals surface area contributed by atoms with Crippen LogP contribution >= 0.6 is 0 Å². The average Bonchev–Trinajstić information content (AvgIpc) is 2.39. The molecule has 0 radical (unpaired) electrons. The number of rotatable bonds is 3. The smallest absolute Gasteiger partial charge is 0.378 e. The summed E-state index contributed by atoms with van der Waals surface area (Å²) in [6, 6.07) is 0. The van der Waals surface area contributed by atoms with Gasteiger partial charge in [0.2, 0.25) is 0 Å². The summed E-state index contributed by atoms with van der Waals surface area (Å²) in [7, 11) is 0. The monoisotopic (exact) mass is 278 g/mol. The van der Waals surface area contributed by atoms with Crippen LogP contribution in [-0.4, -0.2) is 18.9 Å². The van der Waals surface area contributed by atoms with E-state index in [9.17, 15) is 13.2 Å². The number of hydrogen-bond donors (Lipinski definition) is 0. The first-order valence-electron chi connectivity index (χ1n) is 7.69. The Morgan fingerprint density at radius 1 is 1.00 bits per heavy atom. The van der Waals surface area contributed by atoms with Crippen molar-refractivity contribution in [3.8, 4) is 0 Å². The Hall–Kier alpha value is -0.250. The van der Waals surface area contributed by atoms with Gasteiger partial charge in [0.25, 0.3) is 0 Å². The van der Waals surface area contributed by atoms with Crippen LogP contribution in [0.5, 0.6) is 0 Å². The lowest BCUT2D eigenvalue weighted by Gasteiger charge is -2.38. The summed E-state index contributed by atoms with van der Waals surface area (Å²) < 4.78 is 43.8. The van der Waals surface area contributed by atoms with Crippen molar-refractivity contribution >= 4 is 0 Å².